The van der Waals surface area contributed by atoms with Crippen LogP contribution in [0.3, 0.4) is 0 Å². The molecule has 1 aromatic carbocycles. The highest BCUT2D eigenvalue weighted by Gasteiger charge is 2.18. The lowest BCUT2D eigenvalue weighted by Gasteiger charge is -2.23. The molecular formula is C26H44O5. The van der Waals surface area contributed by atoms with E-state index in [-0.39, 0.29) is 0 Å². The van der Waals surface area contributed by atoms with Crippen LogP contribution in [-0.4, -0.2) is 52.9 Å². The summed E-state index contributed by atoms with van der Waals surface area (Å²) in [6.45, 7) is 10.4. The summed E-state index contributed by atoms with van der Waals surface area (Å²) in [4.78, 5) is 0. The fourth-order valence-corrected chi connectivity index (χ4v) is 3.66. The standard InChI is InChI=1S/C26H44O5/c1-3-4-5-8-14-27-18-20-29-21-19-28-15-9-6-7-10-16-30-24-11-12-26-25(22-24)23(2)13-17-31-26/h11-12,22-23H,3-10,13-21H2,1-2H3/t23-/m0/s1. The molecule has 0 radical (unpaired) electrons. The molecule has 1 heterocycles. The van der Waals surface area contributed by atoms with E-state index < -0.39 is 0 Å². The Morgan fingerprint density at radius 3 is 2.06 bits per heavy atom. The van der Waals surface area contributed by atoms with Crippen LogP contribution in [0.5, 0.6) is 11.5 Å². The van der Waals surface area contributed by atoms with Gasteiger partial charge < -0.3 is 23.7 Å². The van der Waals surface area contributed by atoms with E-state index in [0.29, 0.717) is 32.3 Å². The van der Waals surface area contributed by atoms with Crippen molar-refractivity contribution in [3.63, 3.8) is 0 Å². The van der Waals surface area contributed by atoms with Crippen LogP contribution in [0.1, 0.15) is 83.1 Å². The number of ether oxygens (including phenoxy) is 5. The molecule has 2 rings (SSSR count). The molecule has 5 nitrogen and oxygen atoms in total. The zero-order chi connectivity index (χ0) is 22.0. The van der Waals surface area contributed by atoms with E-state index in [1.807, 2.05) is 12.1 Å². The summed E-state index contributed by atoms with van der Waals surface area (Å²) in [6, 6.07) is 6.21. The number of unbranched alkanes of at least 4 members (excludes halogenated alkanes) is 6. The minimum atomic E-state index is 0.548. The Kier molecular flexibility index (Phi) is 14.5. The monoisotopic (exact) mass is 436 g/mol. The molecule has 0 saturated carbocycles. The van der Waals surface area contributed by atoms with Gasteiger partial charge in [0.2, 0.25) is 0 Å². The molecule has 0 unspecified atom stereocenters. The molecule has 0 spiro atoms. The van der Waals surface area contributed by atoms with Crippen LogP contribution in [-0.2, 0) is 14.2 Å². The van der Waals surface area contributed by atoms with Crippen molar-refractivity contribution in [2.24, 2.45) is 0 Å². The summed E-state index contributed by atoms with van der Waals surface area (Å²) in [6.07, 6.45) is 10.6. The third-order valence-electron chi connectivity index (χ3n) is 5.66. The van der Waals surface area contributed by atoms with Crippen molar-refractivity contribution in [1.29, 1.82) is 0 Å². The van der Waals surface area contributed by atoms with E-state index >= 15 is 0 Å². The first-order valence-electron chi connectivity index (χ1n) is 12.4. The Bertz CT molecular complexity index is 563. The topological polar surface area (TPSA) is 46.2 Å². The fourth-order valence-electron chi connectivity index (χ4n) is 3.66. The van der Waals surface area contributed by atoms with Crippen LogP contribution in [0.2, 0.25) is 0 Å². The molecule has 0 saturated heterocycles. The van der Waals surface area contributed by atoms with Crippen LogP contribution in [0.15, 0.2) is 18.2 Å². The number of fused-ring (bicyclic) bond motifs is 1. The van der Waals surface area contributed by atoms with Crippen LogP contribution >= 0.6 is 0 Å². The van der Waals surface area contributed by atoms with Crippen LogP contribution in [0.25, 0.3) is 0 Å². The van der Waals surface area contributed by atoms with E-state index in [4.69, 9.17) is 23.7 Å². The maximum atomic E-state index is 5.93. The highest BCUT2D eigenvalue weighted by Crippen LogP contribution is 2.35. The highest BCUT2D eigenvalue weighted by molar-refractivity contribution is 5.43. The smallest absolute Gasteiger partial charge is 0.123 e. The van der Waals surface area contributed by atoms with Gasteiger partial charge in [-0.15, -0.1) is 0 Å². The van der Waals surface area contributed by atoms with Gasteiger partial charge in [0, 0.05) is 18.8 Å². The summed E-state index contributed by atoms with van der Waals surface area (Å²) in [5.41, 5.74) is 1.28. The molecule has 0 fully saturated rings. The Morgan fingerprint density at radius 1 is 0.774 bits per heavy atom. The van der Waals surface area contributed by atoms with Gasteiger partial charge in [0.1, 0.15) is 11.5 Å². The van der Waals surface area contributed by atoms with Crippen molar-refractivity contribution < 1.29 is 23.7 Å². The normalized spacial score (nSPS) is 15.5. The van der Waals surface area contributed by atoms with Crippen molar-refractivity contribution >= 4 is 0 Å². The number of hydrogen-bond donors (Lipinski definition) is 0. The zero-order valence-electron chi connectivity index (χ0n) is 19.9. The van der Waals surface area contributed by atoms with Crippen molar-refractivity contribution in [1.82, 2.24) is 0 Å². The maximum absolute atomic E-state index is 5.93. The van der Waals surface area contributed by atoms with Gasteiger partial charge in [-0.05, 0) is 56.2 Å². The molecule has 0 bridgehead atoms. The van der Waals surface area contributed by atoms with Gasteiger partial charge in [0.25, 0.3) is 0 Å². The van der Waals surface area contributed by atoms with E-state index in [1.54, 1.807) is 0 Å². The first-order valence-corrected chi connectivity index (χ1v) is 12.4. The number of benzene rings is 1. The molecule has 31 heavy (non-hydrogen) atoms. The minimum absolute atomic E-state index is 0.548. The van der Waals surface area contributed by atoms with Gasteiger partial charge >= 0.3 is 0 Å². The predicted molar refractivity (Wildman–Crippen MR) is 126 cm³/mol. The second kappa shape index (κ2) is 17.3. The van der Waals surface area contributed by atoms with Gasteiger partial charge in [-0.3, -0.25) is 0 Å². The molecule has 0 N–H and O–H groups in total. The summed E-state index contributed by atoms with van der Waals surface area (Å²) < 4.78 is 28.4. The SMILES string of the molecule is CCCCCCOCCOCCOCCCCCCOc1ccc2c(c1)[C@@H](C)CCO2. The van der Waals surface area contributed by atoms with Crippen molar-refractivity contribution in [3.8, 4) is 11.5 Å². The third kappa shape index (κ3) is 11.8. The number of hydrogen-bond acceptors (Lipinski definition) is 5. The molecule has 1 aliphatic heterocycles. The molecule has 1 aromatic rings. The van der Waals surface area contributed by atoms with Crippen LogP contribution in [0.4, 0.5) is 0 Å². The molecule has 0 amide bonds. The van der Waals surface area contributed by atoms with Gasteiger partial charge in [0.15, 0.2) is 0 Å². The average Bonchev–Trinajstić information content (AvgIpc) is 2.79. The highest BCUT2D eigenvalue weighted by atomic mass is 16.5. The van der Waals surface area contributed by atoms with E-state index in [1.165, 1.54) is 37.7 Å². The summed E-state index contributed by atoms with van der Waals surface area (Å²) >= 11 is 0. The third-order valence-corrected chi connectivity index (χ3v) is 5.66. The minimum Gasteiger partial charge on any atom is -0.494 e. The van der Waals surface area contributed by atoms with Gasteiger partial charge in [-0.1, -0.05) is 39.5 Å². The fraction of sp³-hybridized carbons (Fsp3) is 0.769. The molecular weight excluding hydrogens is 392 g/mol. The Morgan fingerprint density at radius 2 is 1.39 bits per heavy atom. The van der Waals surface area contributed by atoms with Crippen LogP contribution < -0.4 is 9.47 Å². The summed E-state index contributed by atoms with van der Waals surface area (Å²) in [5.74, 6) is 2.52. The largest absolute Gasteiger partial charge is 0.494 e. The summed E-state index contributed by atoms with van der Waals surface area (Å²) in [7, 11) is 0. The van der Waals surface area contributed by atoms with Crippen molar-refractivity contribution in [2.75, 3.05) is 52.9 Å². The lowest BCUT2D eigenvalue weighted by atomic mass is 9.95. The Balaban J connectivity index is 1.33. The molecule has 178 valence electrons. The van der Waals surface area contributed by atoms with E-state index in [9.17, 15) is 0 Å². The van der Waals surface area contributed by atoms with E-state index in [2.05, 4.69) is 19.9 Å². The zero-order valence-corrected chi connectivity index (χ0v) is 19.9. The van der Waals surface area contributed by atoms with Gasteiger partial charge in [-0.2, -0.15) is 0 Å². The second-order valence-electron chi connectivity index (χ2n) is 8.40. The molecule has 0 aliphatic carbocycles. The number of rotatable bonds is 19. The molecule has 1 atom stereocenters. The lowest BCUT2D eigenvalue weighted by molar-refractivity contribution is 0.0132. The first-order chi connectivity index (χ1) is 15.3. The molecule has 5 heteroatoms. The molecule has 1 aliphatic rings. The summed E-state index contributed by atoms with van der Waals surface area (Å²) in [5, 5.41) is 0. The van der Waals surface area contributed by atoms with Gasteiger partial charge in [-0.25, -0.2) is 0 Å². The van der Waals surface area contributed by atoms with Crippen molar-refractivity contribution in [2.45, 2.75) is 77.6 Å². The molecule has 0 aromatic heterocycles. The Hall–Kier alpha value is -1.30. The van der Waals surface area contributed by atoms with E-state index in [0.717, 1.165) is 63.6 Å². The predicted octanol–water partition coefficient (Wildman–Crippen LogP) is 6.14. The maximum Gasteiger partial charge on any atom is 0.123 e. The second-order valence-corrected chi connectivity index (χ2v) is 8.40. The first kappa shape index (κ1) is 26.0. The lowest BCUT2D eigenvalue weighted by Crippen LogP contribution is -2.12. The van der Waals surface area contributed by atoms with Crippen LogP contribution in [0, 0.1) is 0 Å². The quantitative estimate of drug-likeness (QED) is 0.244. The average molecular weight is 437 g/mol. The Labute approximate surface area is 189 Å². The van der Waals surface area contributed by atoms with Crippen molar-refractivity contribution in [3.05, 3.63) is 23.8 Å². The van der Waals surface area contributed by atoms with Gasteiger partial charge in [0.05, 0.1) is 39.6 Å².